The molecule has 98 valence electrons. The molecule has 0 bridgehead atoms. The van der Waals surface area contributed by atoms with E-state index in [1.54, 1.807) is 6.08 Å². The maximum absolute atomic E-state index is 13.2. The second-order valence-electron chi connectivity index (χ2n) is 4.69. The lowest BCUT2D eigenvalue weighted by atomic mass is 10.1. The van der Waals surface area contributed by atoms with E-state index in [1.807, 2.05) is 41.3 Å². The molecule has 1 aromatic carbocycles. The molecule has 0 amide bonds. The van der Waals surface area contributed by atoms with E-state index in [-0.39, 0.29) is 5.83 Å². The van der Waals surface area contributed by atoms with Gasteiger partial charge in [-0.05, 0) is 6.42 Å². The van der Waals surface area contributed by atoms with Crippen molar-refractivity contribution in [3.63, 3.8) is 0 Å². The molecule has 3 rings (SSSR count). The van der Waals surface area contributed by atoms with Crippen molar-refractivity contribution in [1.29, 1.82) is 0 Å². The van der Waals surface area contributed by atoms with Crippen molar-refractivity contribution in [3.8, 4) is 11.3 Å². The molecule has 0 N–H and O–H groups in total. The van der Waals surface area contributed by atoms with Gasteiger partial charge < -0.3 is 4.52 Å². The van der Waals surface area contributed by atoms with E-state index in [1.165, 1.54) is 0 Å². The first kappa shape index (κ1) is 12.1. The van der Waals surface area contributed by atoms with E-state index in [0.29, 0.717) is 13.1 Å². The van der Waals surface area contributed by atoms with Crippen molar-refractivity contribution in [2.24, 2.45) is 0 Å². The van der Waals surface area contributed by atoms with E-state index in [9.17, 15) is 4.39 Å². The minimum absolute atomic E-state index is 0.0611. The summed E-state index contributed by atoms with van der Waals surface area (Å²) in [4.78, 5) is 2.02. The van der Waals surface area contributed by atoms with Crippen molar-refractivity contribution in [1.82, 2.24) is 10.1 Å². The highest BCUT2D eigenvalue weighted by molar-refractivity contribution is 5.58. The molecule has 1 aromatic heterocycles. The first-order valence-electron chi connectivity index (χ1n) is 6.39. The van der Waals surface area contributed by atoms with Gasteiger partial charge in [-0.3, -0.25) is 4.90 Å². The summed E-state index contributed by atoms with van der Waals surface area (Å²) in [6, 6.07) is 11.8. The van der Waals surface area contributed by atoms with Crippen molar-refractivity contribution in [2.75, 3.05) is 13.1 Å². The van der Waals surface area contributed by atoms with E-state index >= 15 is 0 Å². The summed E-state index contributed by atoms with van der Waals surface area (Å²) in [5.74, 6) is 0.711. The summed E-state index contributed by atoms with van der Waals surface area (Å²) in [6.45, 7) is 1.82. The number of halogens is 1. The standard InChI is InChI=1S/C15H15FN2O/c16-13-7-4-8-18(10-13)11-14-9-15(17-19-14)12-5-2-1-3-6-12/h1-3,5-7,9H,4,8,10-11H2. The van der Waals surface area contributed by atoms with Crippen LogP contribution in [0.4, 0.5) is 4.39 Å². The van der Waals surface area contributed by atoms with Crippen LogP contribution in [-0.4, -0.2) is 23.1 Å². The van der Waals surface area contributed by atoms with Gasteiger partial charge in [-0.1, -0.05) is 41.6 Å². The number of hydrogen-bond acceptors (Lipinski definition) is 3. The number of aromatic nitrogens is 1. The Labute approximate surface area is 111 Å². The van der Waals surface area contributed by atoms with Crippen LogP contribution in [0.3, 0.4) is 0 Å². The molecule has 1 aliphatic heterocycles. The second-order valence-corrected chi connectivity index (χ2v) is 4.69. The topological polar surface area (TPSA) is 29.3 Å². The van der Waals surface area contributed by atoms with Gasteiger partial charge in [0.05, 0.1) is 13.1 Å². The predicted molar refractivity (Wildman–Crippen MR) is 71.0 cm³/mol. The largest absolute Gasteiger partial charge is 0.359 e. The molecule has 2 heterocycles. The van der Waals surface area contributed by atoms with Crippen LogP contribution >= 0.6 is 0 Å². The van der Waals surface area contributed by atoms with Crippen LogP contribution in [0.2, 0.25) is 0 Å². The summed E-state index contributed by atoms with van der Waals surface area (Å²) in [7, 11) is 0. The quantitative estimate of drug-likeness (QED) is 0.845. The maximum atomic E-state index is 13.2. The Morgan fingerprint density at radius 1 is 1.26 bits per heavy atom. The van der Waals surface area contributed by atoms with Crippen molar-refractivity contribution >= 4 is 0 Å². The van der Waals surface area contributed by atoms with Gasteiger partial charge in [-0.25, -0.2) is 4.39 Å². The van der Waals surface area contributed by atoms with Gasteiger partial charge in [-0.2, -0.15) is 0 Å². The fraction of sp³-hybridized carbons (Fsp3) is 0.267. The number of rotatable bonds is 3. The Balaban J connectivity index is 1.70. The Bertz CT molecular complexity index is 577. The molecule has 1 aliphatic rings. The Kier molecular flexibility index (Phi) is 3.42. The molecular formula is C15H15FN2O. The van der Waals surface area contributed by atoms with E-state index < -0.39 is 0 Å². The van der Waals surface area contributed by atoms with Crippen LogP contribution in [0.1, 0.15) is 12.2 Å². The van der Waals surface area contributed by atoms with Gasteiger partial charge >= 0.3 is 0 Å². The third kappa shape index (κ3) is 2.90. The predicted octanol–water partition coefficient (Wildman–Crippen LogP) is 3.40. The molecule has 2 aromatic rings. The molecule has 19 heavy (non-hydrogen) atoms. The molecule has 0 unspecified atom stereocenters. The summed E-state index contributed by atoms with van der Waals surface area (Å²) in [5, 5.41) is 4.06. The van der Waals surface area contributed by atoms with Gasteiger partial charge in [0.25, 0.3) is 0 Å². The fourth-order valence-electron chi connectivity index (χ4n) is 2.25. The molecule has 0 saturated carbocycles. The number of nitrogens with zero attached hydrogens (tertiary/aromatic N) is 2. The zero-order valence-corrected chi connectivity index (χ0v) is 10.6. The summed E-state index contributed by atoms with van der Waals surface area (Å²) in [6.07, 6.45) is 2.40. The highest BCUT2D eigenvalue weighted by Gasteiger charge is 2.15. The number of benzene rings is 1. The summed E-state index contributed by atoms with van der Waals surface area (Å²) in [5.41, 5.74) is 1.85. The molecule has 0 saturated heterocycles. The van der Waals surface area contributed by atoms with Crippen LogP contribution in [0, 0.1) is 0 Å². The minimum Gasteiger partial charge on any atom is -0.359 e. The monoisotopic (exact) mass is 258 g/mol. The van der Waals surface area contributed by atoms with Gasteiger partial charge in [0.15, 0.2) is 5.76 Å². The second kappa shape index (κ2) is 5.36. The minimum atomic E-state index is -0.0611. The number of hydrogen-bond donors (Lipinski definition) is 0. The van der Waals surface area contributed by atoms with E-state index in [4.69, 9.17) is 4.52 Å². The first-order chi connectivity index (χ1) is 9.31. The van der Waals surface area contributed by atoms with Crippen LogP contribution in [0.25, 0.3) is 11.3 Å². The van der Waals surface area contributed by atoms with Crippen LogP contribution in [0.15, 0.2) is 52.8 Å². The molecule has 0 atom stereocenters. The zero-order chi connectivity index (χ0) is 13.1. The van der Waals surface area contributed by atoms with Crippen molar-refractivity contribution in [2.45, 2.75) is 13.0 Å². The Morgan fingerprint density at radius 3 is 2.89 bits per heavy atom. The van der Waals surface area contributed by atoms with Gasteiger partial charge in [0.1, 0.15) is 11.5 Å². The lowest BCUT2D eigenvalue weighted by Crippen LogP contribution is -2.28. The lowest BCUT2D eigenvalue weighted by Gasteiger charge is -2.22. The van der Waals surface area contributed by atoms with Gasteiger partial charge in [-0.15, -0.1) is 0 Å². The molecule has 0 spiro atoms. The highest BCUT2D eigenvalue weighted by Crippen LogP contribution is 2.20. The SMILES string of the molecule is FC1=CCCN(Cc2cc(-c3ccccc3)no2)C1. The molecule has 0 aliphatic carbocycles. The smallest absolute Gasteiger partial charge is 0.151 e. The summed E-state index contributed by atoms with van der Waals surface area (Å²) < 4.78 is 18.5. The molecule has 0 radical (unpaired) electrons. The summed E-state index contributed by atoms with van der Waals surface area (Å²) >= 11 is 0. The zero-order valence-electron chi connectivity index (χ0n) is 10.6. The lowest BCUT2D eigenvalue weighted by molar-refractivity contribution is 0.228. The maximum Gasteiger partial charge on any atom is 0.151 e. The van der Waals surface area contributed by atoms with Crippen molar-refractivity contribution in [3.05, 3.63) is 54.1 Å². The first-order valence-corrected chi connectivity index (χ1v) is 6.39. The third-order valence-electron chi connectivity index (χ3n) is 3.19. The fourth-order valence-corrected chi connectivity index (χ4v) is 2.25. The van der Waals surface area contributed by atoms with Crippen molar-refractivity contribution < 1.29 is 8.91 Å². The molecule has 3 nitrogen and oxygen atoms in total. The average molecular weight is 258 g/mol. The molecular weight excluding hydrogens is 243 g/mol. The Morgan fingerprint density at radius 2 is 2.11 bits per heavy atom. The van der Waals surface area contributed by atoms with Crippen LogP contribution in [0.5, 0.6) is 0 Å². The highest BCUT2D eigenvalue weighted by atomic mass is 19.1. The van der Waals surface area contributed by atoms with Crippen LogP contribution in [-0.2, 0) is 6.54 Å². The van der Waals surface area contributed by atoms with Gasteiger partial charge in [0, 0.05) is 18.2 Å². The van der Waals surface area contributed by atoms with E-state index in [0.717, 1.165) is 30.0 Å². The average Bonchev–Trinajstić information content (AvgIpc) is 2.88. The van der Waals surface area contributed by atoms with E-state index in [2.05, 4.69) is 5.16 Å². The third-order valence-corrected chi connectivity index (χ3v) is 3.19. The van der Waals surface area contributed by atoms with Crippen LogP contribution < -0.4 is 0 Å². The van der Waals surface area contributed by atoms with Gasteiger partial charge in [0.2, 0.25) is 0 Å². The normalized spacial score (nSPS) is 16.4. The Hall–Kier alpha value is -1.94. The molecule has 0 fully saturated rings. The molecule has 4 heteroatoms.